The molecule has 1 unspecified atom stereocenters. The number of rotatable bonds is 3. The highest BCUT2D eigenvalue weighted by atomic mass is 32.2. The minimum absolute atomic E-state index is 0.180. The summed E-state index contributed by atoms with van der Waals surface area (Å²) in [5.41, 5.74) is 7.34. The van der Waals surface area contributed by atoms with Gasteiger partial charge in [0.05, 0.1) is 0 Å². The van der Waals surface area contributed by atoms with Crippen LogP contribution in [0.2, 0.25) is 0 Å². The Morgan fingerprint density at radius 2 is 2.21 bits per heavy atom. The van der Waals surface area contributed by atoms with E-state index < -0.39 is 0 Å². The molecule has 4 heteroatoms. The molecule has 0 fully saturated rings. The zero-order chi connectivity index (χ0) is 10.8. The van der Waals surface area contributed by atoms with E-state index in [0.29, 0.717) is 0 Å². The molecule has 14 heavy (non-hydrogen) atoms. The van der Waals surface area contributed by atoms with Crippen LogP contribution in [0.1, 0.15) is 26.5 Å². The van der Waals surface area contributed by atoms with Gasteiger partial charge in [-0.25, -0.2) is 4.98 Å². The SMILES string of the molecule is Cc1csc(SCC(N)C(C)(C)C)n1. The van der Waals surface area contributed by atoms with E-state index in [1.54, 1.807) is 23.1 Å². The molecule has 1 heterocycles. The molecule has 0 amide bonds. The van der Waals surface area contributed by atoms with Gasteiger partial charge < -0.3 is 5.73 Å². The topological polar surface area (TPSA) is 38.9 Å². The Labute approximate surface area is 94.3 Å². The molecule has 0 saturated heterocycles. The number of aryl methyl sites for hydroxylation is 1. The number of thiazole rings is 1. The van der Waals surface area contributed by atoms with Crippen LogP contribution in [0.25, 0.3) is 0 Å². The number of hydrogen-bond acceptors (Lipinski definition) is 4. The van der Waals surface area contributed by atoms with Gasteiger partial charge in [-0.3, -0.25) is 0 Å². The number of nitrogens with zero attached hydrogens (tertiary/aromatic N) is 1. The fourth-order valence-corrected chi connectivity index (χ4v) is 2.98. The summed E-state index contributed by atoms with van der Waals surface area (Å²) >= 11 is 3.46. The van der Waals surface area contributed by atoms with E-state index in [4.69, 9.17) is 5.73 Å². The highest BCUT2D eigenvalue weighted by Crippen LogP contribution is 2.27. The molecule has 0 spiro atoms. The molecule has 80 valence electrons. The lowest BCUT2D eigenvalue weighted by atomic mass is 9.89. The third-order valence-electron chi connectivity index (χ3n) is 2.10. The van der Waals surface area contributed by atoms with Crippen molar-refractivity contribution in [2.24, 2.45) is 11.1 Å². The number of thioether (sulfide) groups is 1. The average molecular weight is 230 g/mol. The maximum atomic E-state index is 6.06. The Bertz CT molecular complexity index is 289. The van der Waals surface area contributed by atoms with Gasteiger partial charge in [0.1, 0.15) is 4.34 Å². The van der Waals surface area contributed by atoms with E-state index in [-0.39, 0.29) is 11.5 Å². The molecule has 1 rings (SSSR count). The van der Waals surface area contributed by atoms with Crippen molar-refractivity contribution in [3.8, 4) is 0 Å². The summed E-state index contributed by atoms with van der Waals surface area (Å²) in [6.07, 6.45) is 0. The predicted molar refractivity (Wildman–Crippen MR) is 65.0 cm³/mol. The molecule has 2 nitrogen and oxygen atoms in total. The van der Waals surface area contributed by atoms with Crippen molar-refractivity contribution in [1.29, 1.82) is 0 Å². The van der Waals surface area contributed by atoms with Crippen molar-refractivity contribution < 1.29 is 0 Å². The number of aromatic nitrogens is 1. The zero-order valence-corrected chi connectivity index (χ0v) is 10.8. The van der Waals surface area contributed by atoms with Gasteiger partial charge in [-0.15, -0.1) is 11.3 Å². The smallest absolute Gasteiger partial charge is 0.150 e. The van der Waals surface area contributed by atoms with Gasteiger partial charge >= 0.3 is 0 Å². The Morgan fingerprint density at radius 1 is 1.57 bits per heavy atom. The van der Waals surface area contributed by atoms with Gasteiger partial charge in [-0.1, -0.05) is 32.5 Å². The molecule has 0 radical (unpaired) electrons. The molecule has 1 atom stereocenters. The van der Waals surface area contributed by atoms with Gasteiger partial charge in [0.25, 0.3) is 0 Å². The van der Waals surface area contributed by atoms with Crippen molar-refractivity contribution in [2.45, 2.75) is 38.1 Å². The van der Waals surface area contributed by atoms with Crippen LogP contribution in [0.15, 0.2) is 9.72 Å². The summed E-state index contributed by atoms with van der Waals surface area (Å²) < 4.78 is 1.13. The molecule has 0 aliphatic rings. The molecule has 1 aromatic heterocycles. The minimum Gasteiger partial charge on any atom is -0.326 e. The average Bonchev–Trinajstić information content (AvgIpc) is 2.45. The lowest BCUT2D eigenvalue weighted by Crippen LogP contribution is -2.37. The Balaban J connectivity index is 2.41. The third-order valence-corrected chi connectivity index (χ3v) is 4.35. The second kappa shape index (κ2) is 4.64. The fourth-order valence-electron chi connectivity index (χ4n) is 0.810. The predicted octanol–water partition coefficient (Wildman–Crippen LogP) is 2.92. The summed E-state index contributed by atoms with van der Waals surface area (Å²) in [5, 5.41) is 2.07. The largest absolute Gasteiger partial charge is 0.326 e. The first-order valence-electron chi connectivity index (χ1n) is 4.70. The van der Waals surface area contributed by atoms with Crippen LogP contribution in [0.4, 0.5) is 0 Å². The summed E-state index contributed by atoms with van der Waals surface area (Å²) in [5.74, 6) is 0.941. The van der Waals surface area contributed by atoms with E-state index in [9.17, 15) is 0 Å². The number of nitrogens with two attached hydrogens (primary N) is 1. The molecule has 2 N–H and O–H groups in total. The maximum absolute atomic E-state index is 6.06. The first kappa shape index (κ1) is 12.0. The third kappa shape index (κ3) is 3.59. The van der Waals surface area contributed by atoms with Gasteiger partial charge in [0.15, 0.2) is 0 Å². The maximum Gasteiger partial charge on any atom is 0.150 e. The van der Waals surface area contributed by atoms with Crippen LogP contribution < -0.4 is 5.73 Å². The van der Waals surface area contributed by atoms with Crippen LogP contribution >= 0.6 is 23.1 Å². The van der Waals surface area contributed by atoms with Crippen molar-refractivity contribution in [3.05, 3.63) is 11.1 Å². The first-order valence-corrected chi connectivity index (χ1v) is 6.56. The van der Waals surface area contributed by atoms with E-state index >= 15 is 0 Å². The van der Waals surface area contributed by atoms with Crippen molar-refractivity contribution >= 4 is 23.1 Å². The van der Waals surface area contributed by atoms with Crippen molar-refractivity contribution in [1.82, 2.24) is 4.98 Å². The Kier molecular flexibility index (Phi) is 3.98. The lowest BCUT2D eigenvalue weighted by molar-refractivity contribution is 0.344. The van der Waals surface area contributed by atoms with Gasteiger partial charge in [0, 0.05) is 22.9 Å². The summed E-state index contributed by atoms with van der Waals surface area (Å²) in [4.78, 5) is 4.39. The minimum atomic E-state index is 0.180. The lowest BCUT2D eigenvalue weighted by Gasteiger charge is -2.26. The van der Waals surface area contributed by atoms with Gasteiger partial charge in [-0.2, -0.15) is 0 Å². The molecule has 0 aliphatic carbocycles. The second-order valence-corrected chi connectivity index (χ2v) is 6.66. The molecule has 0 saturated carbocycles. The van der Waals surface area contributed by atoms with E-state index in [0.717, 1.165) is 15.8 Å². The first-order chi connectivity index (χ1) is 6.39. The summed E-state index contributed by atoms with van der Waals surface area (Å²) in [6, 6.07) is 0.219. The highest BCUT2D eigenvalue weighted by molar-refractivity contribution is 8.01. The van der Waals surface area contributed by atoms with Gasteiger partial charge in [-0.05, 0) is 12.3 Å². The monoisotopic (exact) mass is 230 g/mol. The number of hydrogen-bond donors (Lipinski definition) is 1. The van der Waals surface area contributed by atoms with Crippen LogP contribution in [0, 0.1) is 12.3 Å². The summed E-state index contributed by atoms with van der Waals surface area (Å²) in [7, 11) is 0. The van der Waals surface area contributed by atoms with Crippen molar-refractivity contribution in [2.75, 3.05) is 5.75 Å². The van der Waals surface area contributed by atoms with Crippen molar-refractivity contribution in [3.63, 3.8) is 0 Å². The summed E-state index contributed by atoms with van der Waals surface area (Å²) in [6.45, 7) is 8.53. The van der Waals surface area contributed by atoms with Crippen LogP contribution in [-0.4, -0.2) is 16.8 Å². The molecular weight excluding hydrogens is 212 g/mol. The molecule has 0 aromatic carbocycles. The normalized spacial score (nSPS) is 14.4. The van der Waals surface area contributed by atoms with E-state index in [1.165, 1.54) is 0 Å². The van der Waals surface area contributed by atoms with Crippen LogP contribution in [-0.2, 0) is 0 Å². The molecule has 0 aliphatic heterocycles. The Hall–Kier alpha value is -0.0600. The fraction of sp³-hybridized carbons (Fsp3) is 0.700. The van der Waals surface area contributed by atoms with E-state index in [2.05, 4.69) is 31.1 Å². The van der Waals surface area contributed by atoms with Crippen LogP contribution in [0.5, 0.6) is 0 Å². The zero-order valence-electron chi connectivity index (χ0n) is 9.20. The molecular formula is C10H18N2S2. The van der Waals surface area contributed by atoms with E-state index in [1.807, 2.05) is 6.92 Å². The molecule has 1 aromatic rings. The standard InChI is InChI=1S/C10H18N2S2/c1-7-5-13-9(12-7)14-6-8(11)10(2,3)4/h5,8H,6,11H2,1-4H3. The molecule has 0 bridgehead atoms. The highest BCUT2D eigenvalue weighted by Gasteiger charge is 2.20. The quantitative estimate of drug-likeness (QED) is 0.812. The van der Waals surface area contributed by atoms with Crippen LogP contribution in [0.3, 0.4) is 0 Å². The second-order valence-electron chi connectivity index (χ2n) is 4.54. The Morgan fingerprint density at radius 3 is 2.64 bits per heavy atom. The van der Waals surface area contributed by atoms with Gasteiger partial charge in [0.2, 0.25) is 0 Å².